The zero-order chi connectivity index (χ0) is 26.5. The molecule has 0 saturated heterocycles. The van der Waals surface area contributed by atoms with E-state index in [1.165, 1.54) is 12.1 Å². The number of carbonyl (C=O) groups excluding carboxylic acids is 1. The molecule has 9 heteroatoms. The summed E-state index contributed by atoms with van der Waals surface area (Å²) in [4.78, 5) is 15.8. The first kappa shape index (κ1) is 23.1. The van der Waals surface area contributed by atoms with Gasteiger partial charge in [0.15, 0.2) is 11.5 Å². The van der Waals surface area contributed by atoms with E-state index in [9.17, 15) is 9.18 Å². The number of hydrogen-bond acceptors (Lipinski definition) is 4. The normalized spacial score (nSPS) is 15.4. The van der Waals surface area contributed by atoms with Gasteiger partial charge in [0.1, 0.15) is 11.6 Å². The van der Waals surface area contributed by atoms with Gasteiger partial charge >= 0.3 is 6.03 Å². The van der Waals surface area contributed by atoms with Crippen molar-refractivity contribution in [3.05, 3.63) is 119 Å². The summed E-state index contributed by atoms with van der Waals surface area (Å²) in [5, 5.41) is 7.90. The van der Waals surface area contributed by atoms with Crippen LogP contribution in [0.1, 0.15) is 28.6 Å². The van der Waals surface area contributed by atoms with Crippen molar-refractivity contribution in [2.45, 2.75) is 19.5 Å². The highest BCUT2D eigenvalue weighted by Crippen LogP contribution is 2.39. The number of nitrogens with one attached hydrogen (secondary N) is 1. The molecule has 0 radical (unpaired) electrons. The molecule has 2 aliphatic rings. The molecular weight excluding hydrogens is 497 g/mol. The molecule has 4 heterocycles. The first-order chi connectivity index (χ1) is 19.1. The van der Waals surface area contributed by atoms with Crippen molar-refractivity contribution in [2.75, 3.05) is 12.1 Å². The van der Waals surface area contributed by atoms with Crippen LogP contribution < -0.4 is 14.8 Å². The second-order valence-electron chi connectivity index (χ2n) is 9.52. The maximum Gasteiger partial charge on any atom is 0.322 e. The monoisotopic (exact) mass is 521 g/mol. The number of anilines is 1. The summed E-state index contributed by atoms with van der Waals surface area (Å²) in [5.74, 6) is 1.75. The van der Waals surface area contributed by atoms with Gasteiger partial charge in [-0.2, -0.15) is 5.10 Å². The number of hydrogen-bond donors (Lipinski definition) is 1. The van der Waals surface area contributed by atoms with E-state index in [-0.39, 0.29) is 25.2 Å². The lowest BCUT2D eigenvalue weighted by atomic mass is 10.0. The summed E-state index contributed by atoms with van der Waals surface area (Å²) in [6, 6.07) is 24.6. The van der Waals surface area contributed by atoms with E-state index in [1.54, 1.807) is 35.2 Å². The molecule has 2 amide bonds. The number of fused-ring (bicyclic) bond motifs is 4. The number of urea groups is 1. The number of carbonyl (C=O) groups is 1. The van der Waals surface area contributed by atoms with Crippen LogP contribution in [0.15, 0.2) is 91.1 Å². The van der Waals surface area contributed by atoms with Crippen molar-refractivity contribution < 1.29 is 18.7 Å². The summed E-state index contributed by atoms with van der Waals surface area (Å²) in [6.07, 6.45) is 1.98. The average Bonchev–Trinajstić information content (AvgIpc) is 3.67. The fraction of sp³-hybridized carbons (Fsp3) is 0.133. The van der Waals surface area contributed by atoms with Crippen LogP contribution in [0.3, 0.4) is 0 Å². The number of nitrogens with zero attached hydrogens (tertiary/aromatic N) is 4. The Morgan fingerprint density at radius 1 is 0.974 bits per heavy atom. The summed E-state index contributed by atoms with van der Waals surface area (Å²) in [5.41, 5.74) is 4.88. The van der Waals surface area contributed by atoms with Gasteiger partial charge in [-0.3, -0.25) is 0 Å². The molecule has 0 saturated carbocycles. The molecule has 2 aliphatic heterocycles. The maximum atomic E-state index is 14.0. The number of aryl methyl sites for hydroxylation is 1. The van der Waals surface area contributed by atoms with Crippen molar-refractivity contribution in [2.24, 2.45) is 0 Å². The molecule has 194 valence electrons. The van der Waals surface area contributed by atoms with Gasteiger partial charge in [0.2, 0.25) is 6.79 Å². The number of ether oxygens (including phenoxy) is 2. The van der Waals surface area contributed by atoms with Crippen LogP contribution in [0, 0.1) is 12.7 Å². The number of para-hydroxylation sites is 1. The van der Waals surface area contributed by atoms with Gasteiger partial charge in [-0.05, 0) is 61.0 Å². The molecule has 2 aromatic heterocycles. The van der Waals surface area contributed by atoms with E-state index in [2.05, 4.69) is 9.88 Å². The van der Waals surface area contributed by atoms with Crippen molar-refractivity contribution in [3.63, 3.8) is 0 Å². The smallest absolute Gasteiger partial charge is 0.322 e. The Hall–Kier alpha value is -5.05. The second kappa shape index (κ2) is 9.05. The molecule has 0 bridgehead atoms. The van der Waals surface area contributed by atoms with Gasteiger partial charge < -0.3 is 24.3 Å². The van der Waals surface area contributed by atoms with Gasteiger partial charge in [0.05, 0.1) is 29.7 Å². The van der Waals surface area contributed by atoms with E-state index < -0.39 is 6.04 Å². The van der Waals surface area contributed by atoms with Crippen LogP contribution in [-0.4, -0.2) is 32.1 Å². The first-order valence-electron chi connectivity index (χ1n) is 12.6. The van der Waals surface area contributed by atoms with E-state index in [1.807, 2.05) is 60.3 Å². The summed E-state index contributed by atoms with van der Waals surface area (Å²) >= 11 is 0. The van der Waals surface area contributed by atoms with Crippen molar-refractivity contribution >= 4 is 11.7 Å². The van der Waals surface area contributed by atoms with Crippen molar-refractivity contribution in [1.82, 2.24) is 19.2 Å². The molecule has 0 aliphatic carbocycles. The standard InChI is InChI=1S/C30H24FN5O3/c1-19-24-17-35(30(37)32-22-13-14-26-27(16-22)39-18-38-26)28(20-9-11-21(31)12-10-20)25-8-5-15-34(25)29(24)36(33-19)23-6-3-2-4-7-23/h2-16,28H,17-18H2,1H3,(H,32,37)/t28-/m0/s1. The lowest BCUT2D eigenvalue weighted by Gasteiger charge is -2.31. The number of amides is 2. The number of benzene rings is 3. The van der Waals surface area contributed by atoms with Gasteiger partial charge in [0, 0.05) is 23.5 Å². The fourth-order valence-electron chi connectivity index (χ4n) is 5.31. The van der Waals surface area contributed by atoms with E-state index >= 15 is 0 Å². The Morgan fingerprint density at radius 3 is 2.59 bits per heavy atom. The van der Waals surface area contributed by atoms with Crippen molar-refractivity contribution in [3.8, 4) is 23.0 Å². The van der Waals surface area contributed by atoms with Crippen molar-refractivity contribution in [1.29, 1.82) is 0 Å². The highest BCUT2D eigenvalue weighted by Gasteiger charge is 2.36. The zero-order valence-electron chi connectivity index (χ0n) is 21.0. The topological polar surface area (TPSA) is 73.6 Å². The van der Waals surface area contributed by atoms with Gasteiger partial charge in [-0.15, -0.1) is 0 Å². The van der Waals surface area contributed by atoms with Gasteiger partial charge in [-0.25, -0.2) is 13.9 Å². The first-order valence-corrected chi connectivity index (χ1v) is 12.6. The van der Waals surface area contributed by atoms with Crippen LogP contribution in [-0.2, 0) is 6.54 Å². The Morgan fingerprint density at radius 2 is 1.77 bits per heavy atom. The van der Waals surface area contributed by atoms with E-state index in [4.69, 9.17) is 14.6 Å². The van der Waals surface area contributed by atoms with Crippen LogP contribution in [0.4, 0.5) is 14.9 Å². The molecule has 8 nitrogen and oxygen atoms in total. The lowest BCUT2D eigenvalue weighted by Crippen LogP contribution is -2.38. The molecule has 1 atom stereocenters. The third kappa shape index (κ3) is 3.90. The van der Waals surface area contributed by atoms with Crippen LogP contribution in [0.5, 0.6) is 11.5 Å². The predicted molar refractivity (Wildman–Crippen MR) is 143 cm³/mol. The number of rotatable bonds is 3. The predicted octanol–water partition coefficient (Wildman–Crippen LogP) is 5.98. The molecule has 0 spiro atoms. The fourth-order valence-corrected chi connectivity index (χ4v) is 5.31. The van der Waals surface area contributed by atoms with E-state index in [0.717, 1.165) is 34.0 Å². The molecule has 0 unspecified atom stereocenters. The maximum absolute atomic E-state index is 14.0. The largest absolute Gasteiger partial charge is 0.454 e. The summed E-state index contributed by atoms with van der Waals surface area (Å²) < 4.78 is 28.8. The molecule has 7 rings (SSSR count). The van der Waals surface area contributed by atoms with Crippen LogP contribution >= 0.6 is 0 Å². The van der Waals surface area contributed by atoms with Crippen LogP contribution in [0.25, 0.3) is 11.5 Å². The minimum absolute atomic E-state index is 0.149. The third-order valence-electron chi connectivity index (χ3n) is 7.16. The van der Waals surface area contributed by atoms with Gasteiger partial charge in [0.25, 0.3) is 0 Å². The Labute approximate surface area is 223 Å². The number of aromatic nitrogens is 3. The number of halogens is 1. The molecule has 5 aromatic rings. The molecule has 39 heavy (non-hydrogen) atoms. The van der Waals surface area contributed by atoms with E-state index in [0.29, 0.717) is 17.2 Å². The quantitative estimate of drug-likeness (QED) is 0.317. The minimum atomic E-state index is -0.495. The molecule has 0 fully saturated rings. The highest BCUT2D eigenvalue weighted by atomic mass is 19.1. The second-order valence-corrected chi connectivity index (χ2v) is 9.52. The highest BCUT2D eigenvalue weighted by molar-refractivity contribution is 5.90. The van der Waals surface area contributed by atoms with Crippen LogP contribution in [0.2, 0.25) is 0 Å². The molecule has 3 aromatic carbocycles. The van der Waals surface area contributed by atoms with Gasteiger partial charge in [-0.1, -0.05) is 30.3 Å². The Balaban J connectivity index is 1.37. The summed E-state index contributed by atoms with van der Waals surface area (Å²) in [7, 11) is 0. The Kier molecular flexibility index (Phi) is 5.36. The SMILES string of the molecule is Cc1nn(-c2ccccc2)c2c1CN(C(=O)Nc1ccc3c(c1)OCO3)[C@@H](c1ccc(F)cc1)c1cccn1-2. The minimum Gasteiger partial charge on any atom is -0.454 e. The summed E-state index contributed by atoms with van der Waals surface area (Å²) in [6.45, 7) is 2.39. The zero-order valence-corrected chi connectivity index (χ0v) is 21.0. The Bertz CT molecular complexity index is 1690. The third-order valence-corrected chi connectivity index (χ3v) is 7.16. The lowest BCUT2D eigenvalue weighted by molar-refractivity contribution is 0.174. The average molecular weight is 522 g/mol. The molecular formula is C30H24FN5O3. The molecule has 1 N–H and O–H groups in total.